The Bertz CT molecular complexity index is 923. The Morgan fingerprint density at radius 1 is 1.25 bits per heavy atom. The largest absolute Gasteiger partial charge is 0.304 e. The lowest BCUT2D eigenvalue weighted by Crippen LogP contribution is -2.48. The smallest absolute Gasteiger partial charge is 0.270 e. The van der Waals surface area contributed by atoms with Crippen molar-refractivity contribution in [2.45, 2.75) is 17.9 Å². The molecule has 10 heteroatoms. The first-order valence-corrected chi connectivity index (χ1v) is 11.4. The molecular weight excluding hydrogens is 400 g/mol. The number of piperazine rings is 1. The Balaban J connectivity index is 1.81. The average molecular weight is 425 g/mol. The molecule has 1 aromatic heterocycles. The monoisotopic (exact) mass is 424 g/mol. The maximum atomic E-state index is 12.9. The van der Waals surface area contributed by atoms with E-state index in [0.29, 0.717) is 5.56 Å². The van der Waals surface area contributed by atoms with Crippen molar-refractivity contribution in [3.05, 3.63) is 56.3 Å². The number of hydrogen-bond acceptors (Lipinski definition) is 7. The second-order valence-corrected chi connectivity index (χ2v) is 9.49. The molecule has 1 N–H and O–H groups in total. The number of hydrogen-bond donors (Lipinski definition) is 1. The summed E-state index contributed by atoms with van der Waals surface area (Å²) in [7, 11) is -1.80. The summed E-state index contributed by atoms with van der Waals surface area (Å²) in [4.78, 5) is 14.9. The molecule has 0 amide bonds. The minimum absolute atomic E-state index is 0.0517. The number of nitro groups is 1. The Labute approximate surface area is 169 Å². The number of rotatable bonds is 7. The lowest BCUT2D eigenvalue weighted by atomic mass is 10.1. The van der Waals surface area contributed by atoms with Crippen LogP contribution in [0.15, 0.2) is 39.9 Å². The van der Waals surface area contributed by atoms with E-state index in [4.69, 9.17) is 0 Å². The summed E-state index contributed by atoms with van der Waals surface area (Å²) in [5.74, 6) is 0. The zero-order chi connectivity index (χ0) is 20.3. The van der Waals surface area contributed by atoms with E-state index >= 15 is 0 Å². The van der Waals surface area contributed by atoms with E-state index in [1.165, 1.54) is 12.1 Å². The number of aryl methyl sites for hydroxylation is 1. The third-order valence-electron chi connectivity index (χ3n) is 5.05. The van der Waals surface area contributed by atoms with Crippen molar-refractivity contribution in [3.8, 4) is 0 Å². The molecule has 1 atom stereocenters. The van der Waals surface area contributed by atoms with Crippen molar-refractivity contribution in [2.24, 2.45) is 0 Å². The molecule has 8 nitrogen and oxygen atoms in total. The summed E-state index contributed by atoms with van der Waals surface area (Å²) in [6, 6.07) is 5.83. The van der Waals surface area contributed by atoms with Gasteiger partial charge in [-0.25, -0.2) is 13.1 Å². The summed E-state index contributed by atoms with van der Waals surface area (Å²) in [6.07, 6.45) is 0. The summed E-state index contributed by atoms with van der Waals surface area (Å²) in [5, 5.41) is 15.0. The van der Waals surface area contributed by atoms with E-state index < -0.39 is 14.9 Å². The van der Waals surface area contributed by atoms with Gasteiger partial charge in [-0.05, 0) is 41.9 Å². The standard InChI is InChI=1S/C18H24N4O4S2/c1-14-3-4-16(22(23)24)11-18(14)28(25,26)19-12-17(15-5-10-27-13-15)21-8-6-20(2)7-9-21/h3-5,10-11,13,17,19H,6-9,12H2,1-2H3. The Morgan fingerprint density at radius 2 is 1.96 bits per heavy atom. The molecule has 2 heterocycles. The molecule has 0 aliphatic carbocycles. The van der Waals surface area contributed by atoms with Crippen LogP contribution in [-0.2, 0) is 10.0 Å². The van der Waals surface area contributed by atoms with Crippen molar-refractivity contribution >= 4 is 27.0 Å². The predicted molar refractivity (Wildman–Crippen MR) is 109 cm³/mol. The molecule has 1 unspecified atom stereocenters. The second kappa shape index (κ2) is 8.66. The fourth-order valence-electron chi connectivity index (χ4n) is 3.31. The highest BCUT2D eigenvalue weighted by molar-refractivity contribution is 7.89. The molecule has 28 heavy (non-hydrogen) atoms. The van der Waals surface area contributed by atoms with Crippen LogP contribution >= 0.6 is 11.3 Å². The van der Waals surface area contributed by atoms with Gasteiger partial charge < -0.3 is 4.90 Å². The fourth-order valence-corrected chi connectivity index (χ4v) is 5.32. The number of likely N-dealkylation sites (N-methyl/N-ethyl adjacent to an activating group) is 1. The zero-order valence-corrected chi connectivity index (χ0v) is 17.5. The Hall–Kier alpha value is -1.85. The van der Waals surface area contributed by atoms with Gasteiger partial charge in [-0.1, -0.05) is 6.07 Å². The molecule has 1 fully saturated rings. The normalized spacial score (nSPS) is 17.5. The molecule has 3 rings (SSSR count). The molecule has 1 aliphatic rings. The lowest BCUT2D eigenvalue weighted by molar-refractivity contribution is -0.385. The number of thiophene rings is 1. The lowest BCUT2D eigenvalue weighted by Gasteiger charge is -2.38. The summed E-state index contributed by atoms with van der Waals surface area (Å²) in [5.41, 5.74) is 1.32. The van der Waals surface area contributed by atoms with E-state index in [9.17, 15) is 18.5 Å². The van der Waals surface area contributed by atoms with Gasteiger partial charge in [0.25, 0.3) is 5.69 Å². The van der Waals surface area contributed by atoms with Crippen LogP contribution in [0, 0.1) is 17.0 Å². The summed E-state index contributed by atoms with van der Waals surface area (Å²) < 4.78 is 28.4. The summed E-state index contributed by atoms with van der Waals surface area (Å²) in [6.45, 7) is 5.41. The number of nitrogens with one attached hydrogen (secondary N) is 1. The van der Waals surface area contributed by atoms with Gasteiger partial charge >= 0.3 is 0 Å². The molecule has 2 aromatic rings. The highest BCUT2D eigenvalue weighted by Crippen LogP contribution is 2.26. The highest BCUT2D eigenvalue weighted by Gasteiger charge is 2.27. The van der Waals surface area contributed by atoms with Crippen LogP contribution in [0.25, 0.3) is 0 Å². The molecule has 0 spiro atoms. The van der Waals surface area contributed by atoms with E-state index in [1.54, 1.807) is 18.3 Å². The number of benzene rings is 1. The van der Waals surface area contributed by atoms with E-state index in [2.05, 4.69) is 21.6 Å². The van der Waals surface area contributed by atoms with Crippen LogP contribution < -0.4 is 4.72 Å². The van der Waals surface area contributed by atoms with Crippen LogP contribution in [0.1, 0.15) is 17.2 Å². The molecule has 0 radical (unpaired) electrons. The molecule has 1 saturated heterocycles. The molecule has 0 saturated carbocycles. The molecular formula is C18H24N4O4S2. The van der Waals surface area contributed by atoms with Gasteiger partial charge in [0.15, 0.2) is 0 Å². The first kappa shape index (κ1) is 20.9. The fraction of sp³-hybridized carbons (Fsp3) is 0.444. The third-order valence-corrected chi connectivity index (χ3v) is 7.31. The third kappa shape index (κ3) is 4.76. The van der Waals surface area contributed by atoms with Crippen molar-refractivity contribution in [2.75, 3.05) is 39.8 Å². The topological polar surface area (TPSA) is 95.8 Å². The minimum atomic E-state index is -3.87. The summed E-state index contributed by atoms with van der Waals surface area (Å²) >= 11 is 1.58. The Morgan fingerprint density at radius 3 is 2.57 bits per heavy atom. The molecule has 1 aliphatic heterocycles. The maximum absolute atomic E-state index is 12.9. The van der Waals surface area contributed by atoms with E-state index in [0.717, 1.165) is 37.8 Å². The predicted octanol–water partition coefficient (Wildman–Crippen LogP) is 2.23. The van der Waals surface area contributed by atoms with Gasteiger partial charge in [-0.2, -0.15) is 11.3 Å². The van der Waals surface area contributed by atoms with Crippen molar-refractivity contribution in [3.63, 3.8) is 0 Å². The van der Waals surface area contributed by atoms with E-state index in [-0.39, 0.29) is 23.2 Å². The minimum Gasteiger partial charge on any atom is -0.304 e. The van der Waals surface area contributed by atoms with Crippen LogP contribution in [0.2, 0.25) is 0 Å². The molecule has 1 aromatic carbocycles. The SMILES string of the molecule is Cc1ccc([N+](=O)[O-])cc1S(=O)(=O)NCC(c1ccsc1)N1CCN(C)CC1. The van der Waals surface area contributed by atoms with Gasteiger partial charge in [-0.15, -0.1) is 0 Å². The van der Waals surface area contributed by atoms with Crippen molar-refractivity contribution in [1.82, 2.24) is 14.5 Å². The van der Waals surface area contributed by atoms with Gasteiger partial charge in [0.2, 0.25) is 10.0 Å². The number of nitro benzene ring substituents is 1. The molecule has 0 bridgehead atoms. The molecule has 152 valence electrons. The average Bonchev–Trinajstić information content (AvgIpc) is 3.17. The van der Waals surface area contributed by atoms with Gasteiger partial charge in [0.1, 0.15) is 0 Å². The number of sulfonamides is 1. The number of non-ortho nitro benzene ring substituents is 1. The van der Waals surface area contributed by atoms with Crippen molar-refractivity contribution in [1.29, 1.82) is 0 Å². The maximum Gasteiger partial charge on any atom is 0.270 e. The highest BCUT2D eigenvalue weighted by atomic mass is 32.2. The van der Waals surface area contributed by atoms with Crippen LogP contribution in [0.5, 0.6) is 0 Å². The van der Waals surface area contributed by atoms with Crippen molar-refractivity contribution < 1.29 is 13.3 Å². The van der Waals surface area contributed by atoms with Gasteiger partial charge in [0.05, 0.1) is 9.82 Å². The van der Waals surface area contributed by atoms with E-state index in [1.807, 2.05) is 16.8 Å². The van der Waals surface area contributed by atoms with Gasteiger partial charge in [-0.3, -0.25) is 15.0 Å². The van der Waals surface area contributed by atoms with Crippen LogP contribution in [0.3, 0.4) is 0 Å². The Kier molecular flexibility index (Phi) is 6.46. The van der Waals surface area contributed by atoms with Crippen LogP contribution in [-0.4, -0.2) is 62.9 Å². The number of nitrogens with zero attached hydrogens (tertiary/aromatic N) is 3. The second-order valence-electron chi connectivity index (χ2n) is 6.97. The first-order valence-electron chi connectivity index (χ1n) is 8.97. The van der Waals surface area contributed by atoms with Gasteiger partial charge in [0, 0.05) is 50.9 Å². The van der Waals surface area contributed by atoms with Crippen LogP contribution in [0.4, 0.5) is 5.69 Å². The first-order chi connectivity index (χ1) is 13.3. The quantitative estimate of drug-likeness (QED) is 0.541. The zero-order valence-electron chi connectivity index (χ0n) is 15.9.